The van der Waals surface area contributed by atoms with Gasteiger partial charge in [-0.05, 0) is 48.3 Å². The Hall–Kier alpha value is -2.90. The third-order valence-corrected chi connectivity index (χ3v) is 6.18. The van der Waals surface area contributed by atoms with Gasteiger partial charge >= 0.3 is 0 Å². The number of nitrogens with zero attached hydrogens (tertiary/aromatic N) is 6. The fraction of sp³-hybridized carbons (Fsp3) is 0.615. The van der Waals surface area contributed by atoms with Gasteiger partial charge in [0.25, 0.3) is 5.91 Å². The lowest BCUT2D eigenvalue weighted by Gasteiger charge is -2.42. The highest BCUT2D eigenvalue weighted by Crippen LogP contribution is 2.24. The van der Waals surface area contributed by atoms with Crippen LogP contribution in [0.25, 0.3) is 11.4 Å². The molecule has 0 bridgehead atoms. The van der Waals surface area contributed by atoms with Gasteiger partial charge in [-0.2, -0.15) is 0 Å². The molecular formula is C26H38N6O2. The molecule has 1 atom stereocenters. The molecule has 0 N–H and O–H groups in total. The maximum Gasteiger partial charge on any atom is 0.274 e. The van der Waals surface area contributed by atoms with Gasteiger partial charge in [0.1, 0.15) is 12.0 Å². The second-order valence-electron chi connectivity index (χ2n) is 10.5. The summed E-state index contributed by atoms with van der Waals surface area (Å²) >= 11 is 0. The van der Waals surface area contributed by atoms with Crippen LogP contribution in [-0.2, 0) is 17.6 Å². The van der Waals surface area contributed by atoms with E-state index in [9.17, 15) is 9.59 Å². The number of hydrogen-bond acceptors (Lipinski definition) is 6. The first-order valence-electron chi connectivity index (χ1n) is 12.3. The van der Waals surface area contributed by atoms with Crippen molar-refractivity contribution in [3.05, 3.63) is 35.4 Å². The molecule has 8 nitrogen and oxygen atoms in total. The van der Waals surface area contributed by atoms with Crippen molar-refractivity contribution in [2.24, 2.45) is 17.8 Å². The standard InChI is InChI=1S/C26H38N6O2/c1-16(2)10-20-12-23(26(34)31-8-9-32(19(7)33)24(14-31)18(5)6)29-30-25(20)22-13-21(11-17(3)4)27-15-28-22/h12-13,15-18,24H,8-11,14H2,1-7H3/t24-/m1/s1/i19+2. The summed E-state index contributed by atoms with van der Waals surface area (Å²) in [6.45, 7) is 15.9. The van der Waals surface area contributed by atoms with Crippen molar-refractivity contribution in [2.45, 2.75) is 67.3 Å². The largest absolute Gasteiger partial charge is 0.336 e. The molecule has 1 fully saturated rings. The van der Waals surface area contributed by atoms with Crippen molar-refractivity contribution in [3.8, 4) is 11.4 Å². The van der Waals surface area contributed by atoms with Crippen molar-refractivity contribution >= 4 is 11.8 Å². The molecule has 0 aromatic carbocycles. The molecule has 2 amide bonds. The lowest BCUT2D eigenvalue weighted by Crippen LogP contribution is -2.58. The second kappa shape index (κ2) is 11.0. The second-order valence-corrected chi connectivity index (χ2v) is 10.5. The van der Waals surface area contributed by atoms with Gasteiger partial charge in [0.2, 0.25) is 5.91 Å². The van der Waals surface area contributed by atoms with E-state index in [0.717, 1.165) is 29.8 Å². The van der Waals surface area contributed by atoms with E-state index in [1.54, 1.807) is 18.2 Å². The van der Waals surface area contributed by atoms with E-state index in [4.69, 9.17) is 0 Å². The van der Waals surface area contributed by atoms with Crippen LogP contribution in [0.2, 0.25) is 0 Å². The lowest BCUT2D eigenvalue weighted by atomic mass is 9.98. The zero-order valence-corrected chi connectivity index (χ0v) is 21.6. The zero-order chi connectivity index (χ0) is 25.0. The fourth-order valence-corrected chi connectivity index (χ4v) is 4.52. The van der Waals surface area contributed by atoms with Crippen LogP contribution in [0.1, 0.15) is 70.2 Å². The Morgan fingerprint density at radius 3 is 2.35 bits per heavy atom. The van der Waals surface area contributed by atoms with Crippen LogP contribution < -0.4 is 0 Å². The number of carbonyl (C=O) groups excluding carboxylic acids is 2. The van der Waals surface area contributed by atoms with Crippen LogP contribution in [0.3, 0.4) is 0 Å². The summed E-state index contributed by atoms with van der Waals surface area (Å²) in [5.41, 5.74) is 3.72. The van der Waals surface area contributed by atoms with Gasteiger partial charge < -0.3 is 9.80 Å². The van der Waals surface area contributed by atoms with E-state index < -0.39 is 0 Å². The molecule has 0 unspecified atom stereocenters. The van der Waals surface area contributed by atoms with E-state index in [-0.39, 0.29) is 23.8 Å². The first-order valence-corrected chi connectivity index (χ1v) is 12.3. The monoisotopic (exact) mass is 468 g/mol. The topological polar surface area (TPSA) is 92.2 Å². The van der Waals surface area contributed by atoms with Gasteiger partial charge in [-0.25, -0.2) is 9.97 Å². The molecule has 34 heavy (non-hydrogen) atoms. The van der Waals surface area contributed by atoms with E-state index in [0.29, 0.717) is 42.9 Å². The van der Waals surface area contributed by atoms with Crippen molar-refractivity contribution in [1.82, 2.24) is 30.0 Å². The highest BCUT2D eigenvalue weighted by Gasteiger charge is 2.34. The van der Waals surface area contributed by atoms with Crippen molar-refractivity contribution in [3.63, 3.8) is 0 Å². The van der Waals surface area contributed by atoms with Gasteiger partial charge in [-0.3, -0.25) is 9.59 Å². The maximum absolute atomic E-state index is 13.4. The van der Waals surface area contributed by atoms with Crippen molar-refractivity contribution in [2.75, 3.05) is 19.6 Å². The molecule has 3 rings (SSSR count). The highest BCUT2D eigenvalue weighted by molar-refractivity contribution is 5.93. The summed E-state index contributed by atoms with van der Waals surface area (Å²) in [5.74, 6) is 1.04. The van der Waals surface area contributed by atoms with Gasteiger partial charge in [-0.1, -0.05) is 41.5 Å². The summed E-state index contributed by atoms with van der Waals surface area (Å²) < 4.78 is 0. The number of carbonyl (C=O) groups is 2. The molecule has 0 spiro atoms. The van der Waals surface area contributed by atoms with Crippen LogP contribution in [0.5, 0.6) is 0 Å². The summed E-state index contributed by atoms with van der Waals surface area (Å²) in [5, 5.41) is 8.81. The van der Waals surface area contributed by atoms with E-state index in [2.05, 4.69) is 61.7 Å². The maximum atomic E-state index is 13.4. The average molecular weight is 469 g/mol. The summed E-state index contributed by atoms with van der Waals surface area (Å²) in [6.07, 6.45) is 3.21. The molecule has 1 aliphatic heterocycles. The van der Waals surface area contributed by atoms with Crippen LogP contribution in [0.4, 0.5) is 0 Å². The minimum atomic E-state index is -0.138. The number of piperazine rings is 1. The molecule has 0 radical (unpaired) electrons. The minimum Gasteiger partial charge on any atom is -0.336 e. The lowest BCUT2D eigenvalue weighted by molar-refractivity contribution is -0.134. The number of hydrogen-bond donors (Lipinski definition) is 0. The molecule has 8 heteroatoms. The van der Waals surface area contributed by atoms with Crippen molar-refractivity contribution < 1.29 is 9.59 Å². The first-order chi connectivity index (χ1) is 16.1. The number of aromatic nitrogens is 4. The van der Waals surface area contributed by atoms with E-state index in [1.807, 2.05) is 17.0 Å². The van der Waals surface area contributed by atoms with Gasteiger partial charge in [0, 0.05) is 32.3 Å². The molecule has 0 saturated carbocycles. The van der Waals surface area contributed by atoms with E-state index >= 15 is 0 Å². The predicted molar refractivity (Wildman–Crippen MR) is 132 cm³/mol. The fourth-order valence-electron chi connectivity index (χ4n) is 4.52. The molecule has 1 aliphatic rings. The molecule has 2 aromatic rings. The normalized spacial score (nSPS) is 16.6. The summed E-state index contributed by atoms with van der Waals surface area (Å²) in [7, 11) is 0. The van der Waals surface area contributed by atoms with Crippen LogP contribution >= 0.6 is 0 Å². The third-order valence-electron chi connectivity index (χ3n) is 6.18. The Bertz CT molecular complexity index is 1020. The van der Waals surface area contributed by atoms with Crippen LogP contribution in [0, 0.1) is 17.8 Å². The van der Waals surface area contributed by atoms with Crippen LogP contribution in [-0.4, -0.2) is 67.5 Å². The van der Waals surface area contributed by atoms with Gasteiger partial charge in [-0.15, -0.1) is 10.2 Å². The predicted octanol–water partition coefficient (Wildman–Crippen LogP) is 3.66. The first kappa shape index (κ1) is 25.7. The Morgan fingerprint density at radius 2 is 1.74 bits per heavy atom. The Balaban J connectivity index is 1.90. The molecule has 2 aromatic heterocycles. The van der Waals surface area contributed by atoms with Gasteiger partial charge in [0.15, 0.2) is 5.69 Å². The third kappa shape index (κ3) is 6.15. The molecular weight excluding hydrogens is 430 g/mol. The quantitative estimate of drug-likeness (QED) is 0.616. The minimum absolute atomic E-state index is 0.00189. The smallest absolute Gasteiger partial charge is 0.274 e. The average Bonchev–Trinajstić information content (AvgIpc) is 2.77. The van der Waals surface area contributed by atoms with Crippen LogP contribution in [0.15, 0.2) is 18.5 Å². The molecule has 1 saturated heterocycles. The Morgan fingerprint density at radius 1 is 1.03 bits per heavy atom. The number of amides is 2. The highest BCUT2D eigenvalue weighted by atomic mass is 16.3. The molecule has 3 heterocycles. The summed E-state index contributed by atoms with van der Waals surface area (Å²) in [4.78, 5) is 38.0. The molecule has 0 aliphatic carbocycles. The Kier molecular flexibility index (Phi) is 8.33. The van der Waals surface area contributed by atoms with E-state index in [1.165, 1.54) is 0 Å². The zero-order valence-electron chi connectivity index (χ0n) is 21.6. The molecule has 184 valence electrons. The number of rotatable bonds is 7. The van der Waals surface area contributed by atoms with Crippen molar-refractivity contribution in [1.29, 1.82) is 0 Å². The van der Waals surface area contributed by atoms with Gasteiger partial charge in [0.05, 0.1) is 11.7 Å². The Labute approximate surface area is 203 Å². The summed E-state index contributed by atoms with van der Waals surface area (Å²) in [6, 6.07) is 3.85. The SMILES string of the molecule is CC(C)Cc1cc(-c2nnc(C(=O)N3CCN([14C](C)=O)[C@@H](C(C)C)C3)cc2CC(C)C)ncn1.